The molecule has 0 amide bonds. The predicted molar refractivity (Wildman–Crippen MR) is 64.7 cm³/mol. The zero-order valence-electron chi connectivity index (χ0n) is 10.4. The Kier molecular flexibility index (Phi) is 3.92. The number of aryl methyl sites for hydroxylation is 1. The number of rotatable bonds is 3. The van der Waals surface area contributed by atoms with E-state index in [-0.39, 0.29) is 0 Å². The highest BCUT2D eigenvalue weighted by atomic mass is 19.2. The average Bonchev–Trinajstić information content (AvgIpc) is 2.45. The number of benzene rings is 2. The quantitative estimate of drug-likeness (QED) is 0.504. The molecule has 1 N–H and O–H groups in total. The van der Waals surface area contributed by atoms with Gasteiger partial charge < -0.3 is 5.32 Å². The van der Waals surface area contributed by atoms with E-state index in [0.29, 0.717) is 5.69 Å². The number of hydrogen-bond donors (Lipinski definition) is 1. The highest BCUT2D eigenvalue weighted by Crippen LogP contribution is 2.24. The van der Waals surface area contributed by atoms with Crippen molar-refractivity contribution < 1.29 is 22.0 Å². The summed E-state index contributed by atoms with van der Waals surface area (Å²) >= 11 is 0. The van der Waals surface area contributed by atoms with Crippen molar-refractivity contribution in [2.75, 3.05) is 5.32 Å². The van der Waals surface area contributed by atoms with E-state index in [2.05, 4.69) is 5.32 Å². The number of nitrogens with one attached hydrogen (secondary N) is 1. The molecule has 0 bridgehead atoms. The number of anilines is 1. The first kappa shape index (κ1) is 14.3. The van der Waals surface area contributed by atoms with Crippen LogP contribution in [-0.4, -0.2) is 0 Å². The fourth-order valence-corrected chi connectivity index (χ4v) is 1.76. The van der Waals surface area contributed by atoms with Gasteiger partial charge in [0.05, 0.1) is 0 Å². The minimum Gasteiger partial charge on any atom is -0.381 e. The monoisotopic (exact) mass is 287 g/mol. The van der Waals surface area contributed by atoms with E-state index in [1.165, 1.54) is 0 Å². The first-order valence-corrected chi connectivity index (χ1v) is 5.73. The van der Waals surface area contributed by atoms with Gasteiger partial charge in [0.25, 0.3) is 0 Å². The van der Waals surface area contributed by atoms with Crippen LogP contribution < -0.4 is 5.32 Å². The summed E-state index contributed by atoms with van der Waals surface area (Å²) in [5.41, 5.74) is 0.456. The molecule has 106 valence electrons. The van der Waals surface area contributed by atoms with Gasteiger partial charge in [-0.1, -0.05) is 18.2 Å². The molecule has 0 aliphatic carbocycles. The third-order valence-electron chi connectivity index (χ3n) is 2.90. The normalized spacial score (nSPS) is 10.7. The van der Waals surface area contributed by atoms with Gasteiger partial charge in [0.2, 0.25) is 5.82 Å². The molecule has 0 fully saturated rings. The lowest BCUT2D eigenvalue weighted by molar-refractivity contribution is 0.371. The van der Waals surface area contributed by atoms with Crippen LogP contribution in [0, 0.1) is 36.0 Å². The fourth-order valence-electron chi connectivity index (χ4n) is 1.76. The lowest BCUT2D eigenvalue weighted by atomic mass is 10.1. The Morgan fingerprint density at radius 2 is 1.30 bits per heavy atom. The summed E-state index contributed by atoms with van der Waals surface area (Å²) in [7, 11) is 0. The molecule has 2 rings (SSSR count). The van der Waals surface area contributed by atoms with Crippen molar-refractivity contribution in [3.05, 3.63) is 64.5 Å². The van der Waals surface area contributed by atoms with Gasteiger partial charge in [0, 0.05) is 17.8 Å². The molecule has 1 nitrogen and oxygen atoms in total. The molecule has 0 aromatic heterocycles. The Hall–Kier alpha value is -2.11. The molecule has 0 radical (unpaired) electrons. The van der Waals surface area contributed by atoms with E-state index in [0.717, 1.165) is 5.56 Å². The minimum atomic E-state index is -2.15. The van der Waals surface area contributed by atoms with Crippen molar-refractivity contribution in [2.45, 2.75) is 13.5 Å². The molecular weight excluding hydrogens is 277 g/mol. The van der Waals surface area contributed by atoms with Gasteiger partial charge in [0.15, 0.2) is 23.3 Å². The Labute approximate surface area is 112 Å². The largest absolute Gasteiger partial charge is 0.381 e. The van der Waals surface area contributed by atoms with Crippen molar-refractivity contribution in [2.24, 2.45) is 0 Å². The first-order valence-electron chi connectivity index (χ1n) is 5.73. The van der Waals surface area contributed by atoms with Gasteiger partial charge in [0.1, 0.15) is 0 Å². The highest BCUT2D eigenvalue weighted by molar-refractivity contribution is 5.50. The second-order valence-corrected chi connectivity index (χ2v) is 4.22. The van der Waals surface area contributed by atoms with Crippen LogP contribution in [0.1, 0.15) is 11.1 Å². The van der Waals surface area contributed by atoms with Crippen LogP contribution in [0.5, 0.6) is 0 Å². The van der Waals surface area contributed by atoms with Gasteiger partial charge >= 0.3 is 0 Å². The van der Waals surface area contributed by atoms with Crippen molar-refractivity contribution in [3.63, 3.8) is 0 Å². The molecule has 20 heavy (non-hydrogen) atoms. The molecule has 0 aliphatic heterocycles. The molecular formula is C14H10F5N. The summed E-state index contributed by atoms with van der Waals surface area (Å²) < 4.78 is 65.8. The standard InChI is InChI=1S/C14H10F5N/c1-7-4-2-3-5-9(7)20-6-8-10(15)12(17)14(19)13(18)11(8)16/h2-5,20H,6H2,1H3. The summed E-state index contributed by atoms with van der Waals surface area (Å²) in [5, 5.41) is 2.65. The van der Waals surface area contributed by atoms with Gasteiger partial charge in [-0.05, 0) is 18.6 Å². The van der Waals surface area contributed by atoms with E-state index in [1.807, 2.05) is 0 Å². The van der Waals surface area contributed by atoms with E-state index >= 15 is 0 Å². The molecule has 2 aromatic rings. The fraction of sp³-hybridized carbons (Fsp3) is 0.143. The van der Waals surface area contributed by atoms with E-state index in [9.17, 15) is 22.0 Å². The second kappa shape index (κ2) is 5.48. The maximum Gasteiger partial charge on any atom is 0.200 e. The molecule has 0 saturated heterocycles. The third-order valence-corrected chi connectivity index (χ3v) is 2.90. The summed E-state index contributed by atoms with van der Waals surface area (Å²) in [4.78, 5) is 0. The SMILES string of the molecule is Cc1ccccc1NCc1c(F)c(F)c(F)c(F)c1F. The van der Waals surface area contributed by atoms with Crippen molar-refractivity contribution in [1.29, 1.82) is 0 Å². The van der Waals surface area contributed by atoms with Crippen LogP contribution in [0.3, 0.4) is 0 Å². The first-order chi connectivity index (χ1) is 9.43. The Bertz CT molecular complexity index is 625. The molecule has 0 unspecified atom stereocenters. The molecule has 0 atom stereocenters. The Morgan fingerprint density at radius 3 is 1.85 bits per heavy atom. The van der Waals surface area contributed by atoms with Crippen LogP contribution >= 0.6 is 0 Å². The van der Waals surface area contributed by atoms with Crippen LogP contribution in [0.2, 0.25) is 0 Å². The molecule has 0 spiro atoms. The van der Waals surface area contributed by atoms with Gasteiger partial charge in [-0.15, -0.1) is 0 Å². The highest BCUT2D eigenvalue weighted by Gasteiger charge is 2.25. The van der Waals surface area contributed by atoms with Crippen LogP contribution in [-0.2, 0) is 6.54 Å². The second-order valence-electron chi connectivity index (χ2n) is 4.22. The number of hydrogen-bond acceptors (Lipinski definition) is 1. The smallest absolute Gasteiger partial charge is 0.200 e. The third kappa shape index (κ3) is 2.45. The number of halogens is 5. The topological polar surface area (TPSA) is 12.0 Å². The summed E-state index contributed by atoms with van der Waals surface area (Å²) in [6.45, 7) is 1.25. The van der Waals surface area contributed by atoms with Gasteiger partial charge in [-0.3, -0.25) is 0 Å². The number of para-hydroxylation sites is 1. The van der Waals surface area contributed by atoms with Crippen LogP contribution in [0.25, 0.3) is 0 Å². The van der Waals surface area contributed by atoms with Crippen molar-refractivity contribution in [1.82, 2.24) is 0 Å². The maximum absolute atomic E-state index is 13.4. The van der Waals surface area contributed by atoms with Gasteiger partial charge in [-0.2, -0.15) is 0 Å². The maximum atomic E-state index is 13.4. The van der Waals surface area contributed by atoms with Crippen molar-refractivity contribution in [3.8, 4) is 0 Å². The molecule has 6 heteroatoms. The molecule has 2 aromatic carbocycles. The zero-order valence-corrected chi connectivity index (χ0v) is 10.4. The molecule has 0 heterocycles. The van der Waals surface area contributed by atoms with E-state index < -0.39 is 41.2 Å². The Balaban J connectivity index is 2.33. The molecule has 0 saturated carbocycles. The lowest BCUT2D eigenvalue weighted by Gasteiger charge is -2.12. The van der Waals surface area contributed by atoms with E-state index in [1.54, 1.807) is 31.2 Å². The van der Waals surface area contributed by atoms with E-state index in [4.69, 9.17) is 0 Å². The predicted octanol–water partition coefficient (Wildman–Crippen LogP) is 4.30. The zero-order chi connectivity index (χ0) is 14.9. The van der Waals surface area contributed by atoms with Crippen LogP contribution in [0.4, 0.5) is 27.6 Å². The summed E-state index contributed by atoms with van der Waals surface area (Å²) in [5.74, 6) is -9.67. The lowest BCUT2D eigenvalue weighted by Crippen LogP contribution is -2.11. The van der Waals surface area contributed by atoms with Gasteiger partial charge in [-0.25, -0.2) is 22.0 Å². The molecule has 0 aliphatic rings. The van der Waals surface area contributed by atoms with Crippen LogP contribution in [0.15, 0.2) is 24.3 Å². The van der Waals surface area contributed by atoms with Crippen molar-refractivity contribution >= 4 is 5.69 Å². The minimum absolute atomic E-state index is 0.503. The summed E-state index contributed by atoms with van der Waals surface area (Å²) in [6, 6.07) is 6.84. The Morgan fingerprint density at radius 1 is 0.800 bits per heavy atom. The average molecular weight is 287 g/mol. The summed E-state index contributed by atoms with van der Waals surface area (Å²) in [6.07, 6.45) is 0.